The van der Waals surface area contributed by atoms with Crippen molar-refractivity contribution >= 4 is 17.5 Å². The van der Waals surface area contributed by atoms with Crippen molar-refractivity contribution in [3.8, 4) is 0 Å². The number of rotatable bonds is 8. The standard InChI is InChI=1S/C21H34N4O2/c1-5-18-8-6-7-9-19(18)23-21(27)15-25-12-10-24(11-13-25)14-20(26)22-17(4)16(2)3/h6-9,16-17H,5,10-15H2,1-4H3,(H,22,26)(H,23,27)/t17-/m1/s1. The topological polar surface area (TPSA) is 64.7 Å². The highest BCUT2D eigenvalue weighted by molar-refractivity contribution is 5.93. The molecule has 0 aromatic heterocycles. The first-order valence-electron chi connectivity index (χ1n) is 10.0. The molecule has 1 aliphatic heterocycles. The number of nitrogens with one attached hydrogen (secondary N) is 2. The first-order valence-corrected chi connectivity index (χ1v) is 10.0. The molecule has 2 N–H and O–H groups in total. The average Bonchev–Trinajstić information content (AvgIpc) is 2.63. The van der Waals surface area contributed by atoms with Gasteiger partial charge >= 0.3 is 0 Å². The normalized spacial score (nSPS) is 16.9. The molecule has 1 aliphatic rings. The van der Waals surface area contributed by atoms with Gasteiger partial charge in [-0.1, -0.05) is 39.0 Å². The summed E-state index contributed by atoms with van der Waals surface area (Å²) in [5.41, 5.74) is 2.05. The van der Waals surface area contributed by atoms with E-state index in [1.807, 2.05) is 31.2 Å². The van der Waals surface area contributed by atoms with E-state index in [4.69, 9.17) is 0 Å². The Morgan fingerprint density at radius 3 is 2.07 bits per heavy atom. The van der Waals surface area contributed by atoms with Crippen LogP contribution in [-0.2, 0) is 16.0 Å². The Morgan fingerprint density at radius 1 is 0.963 bits per heavy atom. The number of benzene rings is 1. The van der Waals surface area contributed by atoms with Crippen LogP contribution in [0.3, 0.4) is 0 Å². The third-order valence-electron chi connectivity index (χ3n) is 5.26. The summed E-state index contributed by atoms with van der Waals surface area (Å²) in [6.45, 7) is 12.4. The summed E-state index contributed by atoms with van der Waals surface area (Å²) >= 11 is 0. The molecule has 1 saturated heterocycles. The minimum atomic E-state index is 0.0212. The molecule has 6 heteroatoms. The fraction of sp³-hybridized carbons (Fsp3) is 0.619. The Hall–Kier alpha value is -1.92. The van der Waals surface area contributed by atoms with Crippen LogP contribution in [0.1, 0.15) is 33.3 Å². The second kappa shape index (κ2) is 10.4. The van der Waals surface area contributed by atoms with Gasteiger partial charge in [0.15, 0.2) is 0 Å². The Balaban J connectivity index is 1.72. The largest absolute Gasteiger partial charge is 0.352 e. The van der Waals surface area contributed by atoms with Crippen LogP contribution < -0.4 is 10.6 Å². The molecule has 0 unspecified atom stereocenters. The predicted octanol–water partition coefficient (Wildman–Crippen LogP) is 1.97. The average molecular weight is 375 g/mol. The van der Waals surface area contributed by atoms with E-state index in [1.165, 1.54) is 0 Å². The summed E-state index contributed by atoms with van der Waals surface area (Å²) < 4.78 is 0. The van der Waals surface area contributed by atoms with E-state index in [9.17, 15) is 9.59 Å². The first-order chi connectivity index (χ1) is 12.9. The molecule has 1 fully saturated rings. The molecular formula is C21H34N4O2. The number of aryl methyl sites for hydroxylation is 1. The fourth-order valence-electron chi connectivity index (χ4n) is 3.12. The summed E-state index contributed by atoms with van der Waals surface area (Å²) in [6.07, 6.45) is 0.895. The molecule has 0 aliphatic carbocycles. The van der Waals surface area contributed by atoms with E-state index in [-0.39, 0.29) is 17.9 Å². The van der Waals surface area contributed by atoms with Gasteiger partial charge < -0.3 is 10.6 Å². The van der Waals surface area contributed by atoms with E-state index >= 15 is 0 Å². The van der Waals surface area contributed by atoms with Gasteiger partial charge in [-0.3, -0.25) is 19.4 Å². The third kappa shape index (κ3) is 6.96. The lowest BCUT2D eigenvalue weighted by molar-refractivity contribution is -0.124. The Morgan fingerprint density at radius 2 is 1.52 bits per heavy atom. The van der Waals surface area contributed by atoms with Crippen LogP contribution in [0.4, 0.5) is 5.69 Å². The molecule has 0 bridgehead atoms. The minimum Gasteiger partial charge on any atom is -0.352 e. The van der Waals surface area contributed by atoms with Gasteiger partial charge in [0, 0.05) is 37.9 Å². The second-order valence-corrected chi connectivity index (χ2v) is 7.71. The quantitative estimate of drug-likeness (QED) is 0.730. The fourth-order valence-corrected chi connectivity index (χ4v) is 3.12. The van der Waals surface area contributed by atoms with Gasteiger partial charge in [0.25, 0.3) is 0 Å². The van der Waals surface area contributed by atoms with Crippen molar-refractivity contribution < 1.29 is 9.59 Å². The lowest BCUT2D eigenvalue weighted by atomic mass is 10.1. The number of carbonyl (C=O) groups excluding carboxylic acids is 2. The van der Waals surface area contributed by atoms with Crippen molar-refractivity contribution in [2.45, 2.75) is 40.2 Å². The van der Waals surface area contributed by atoms with Crippen LogP contribution in [0.15, 0.2) is 24.3 Å². The Kier molecular flexibility index (Phi) is 8.25. The zero-order chi connectivity index (χ0) is 19.8. The molecule has 2 amide bonds. The van der Waals surface area contributed by atoms with E-state index < -0.39 is 0 Å². The zero-order valence-electron chi connectivity index (χ0n) is 17.1. The molecule has 0 radical (unpaired) electrons. The summed E-state index contributed by atoms with van der Waals surface area (Å²) in [5.74, 6) is 0.536. The maximum atomic E-state index is 12.4. The van der Waals surface area contributed by atoms with Gasteiger partial charge in [-0.05, 0) is 30.9 Å². The number of nitrogens with zero attached hydrogens (tertiary/aromatic N) is 2. The van der Waals surface area contributed by atoms with E-state index in [2.05, 4.69) is 41.2 Å². The number of para-hydroxylation sites is 1. The monoisotopic (exact) mass is 374 g/mol. The van der Waals surface area contributed by atoms with Crippen LogP contribution in [0.25, 0.3) is 0 Å². The van der Waals surface area contributed by atoms with Crippen molar-refractivity contribution in [2.75, 3.05) is 44.6 Å². The van der Waals surface area contributed by atoms with Crippen LogP contribution >= 0.6 is 0 Å². The van der Waals surface area contributed by atoms with Crippen LogP contribution in [0, 0.1) is 5.92 Å². The molecule has 1 atom stereocenters. The van der Waals surface area contributed by atoms with Crippen molar-refractivity contribution in [1.29, 1.82) is 0 Å². The number of hydrogen-bond donors (Lipinski definition) is 2. The minimum absolute atomic E-state index is 0.0212. The maximum Gasteiger partial charge on any atom is 0.238 e. The SMILES string of the molecule is CCc1ccccc1NC(=O)CN1CCN(CC(=O)N[C@H](C)C(C)C)CC1. The summed E-state index contributed by atoms with van der Waals surface area (Å²) in [4.78, 5) is 28.8. The second-order valence-electron chi connectivity index (χ2n) is 7.71. The molecule has 0 saturated carbocycles. The predicted molar refractivity (Wildman–Crippen MR) is 110 cm³/mol. The Labute approximate surface area is 163 Å². The van der Waals surface area contributed by atoms with Crippen molar-refractivity contribution in [1.82, 2.24) is 15.1 Å². The molecule has 0 spiro atoms. The summed E-state index contributed by atoms with van der Waals surface area (Å²) in [7, 11) is 0. The van der Waals surface area contributed by atoms with Crippen LogP contribution in [0.5, 0.6) is 0 Å². The molecule has 6 nitrogen and oxygen atoms in total. The molecule has 1 aromatic carbocycles. The number of hydrogen-bond acceptors (Lipinski definition) is 4. The highest BCUT2D eigenvalue weighted by Gasteiger charge is 2.21. The molecule has 27 heavy (non-hydrogen) atoms. The van der Waals surface area contributed by atoms with Gasteiger partial charge in [-0.2, -0.15) is 0 Å². The van der Waals surface area contributed by atoms with E-state index in [1.54, 1.807) is 0 Å². The van der Waals surface area contributed by atoms with Gasteiger partial charge in [0.2, 0.25) is 11.8 Å². The van der Waals surface area contributed by atoms with E-state index in [0.717, 1.165) is 43.9 Å². The maximum absolute atomic E-state index is 12.4. The number of anilines is 1. The van der Waals surface area contributed by atoms with Crippen LogP contribution in [0.2, 0.25) is 0 Å². The van der Waals surface area contributed by atoms with Crippen molar-refractivity contribution in [3.05, 3.63) is 29.8 Å². The number of amides is 2. The lowest BCUT2D eigenvalue weighted by Crippen LogP contribution is -2.51. The first kappa shape index (κ1) is 21.4. The molecule has 2 rings (SSSR count). The summed E-state index contributed by atoms with van der Waals surface area (Å²) in [5, 5.41) is 6.08. The van der Waals surface area contributed by atoms with Crippen molar-refractivity contribution in [2.24, 2.45) is 5.92 Å². The molecular weight excluding hydrogens is 340 g/mol. The Bertz CT molecular complexity index is 624. The smallest absolute Gasteiger partial charge is 0.238 e. The number of carbonyl (C=O) groups is 2. The van der Waals surface area contributed by atoms with Gasteiger partial charge in [0.1, 0.15) is 0 Å². The van der Waals surface area contributed by atoms with Gasteiger partial charge in [-0.15, -0.1) is 0 Å². The molecule has 1 heterocycles. The van der Waals surface area contributed by atoms with Gasteiger partial charge in [-0.25, -0.2) is 0 Å². The van der Waals surface area contributed by atoms with E-state index in [0.29, 0.717) is 19.0 Å². The lowest BCUT2D eigenvalue weighted by Gasteiger charge is -2.34. The van der Waals surface area contributed by atoms with Gasteiger partial charge in [0.05, 0.1) is 13.1 Å². The van der Waals surface area contributed by atoms with Crippen LogP contribution in [-0.4, -0.2) is 66.9 Å². The summed E-state index contributed by atoms with van der Waals surface area (Å²) in [6, 6.07) is 8.11. The highest BCUT2D eigenvalue weighted by Crippen LogP contribution is 2.15. The molecule has 150 valence electrons. The molecule has 1 aromatic rings. The van der Waals surface area contributed by atoms with Crippen molar-refractivity contribution in [3.63, 3.8) is 0 Å². The number of piperazine rings is 1. The third-order valence-corrected chi connectivity index (χ3v) is 5.26. The zero-order valence-corrected chi connectivity index (χ0v) is 17.1. The highest BCUT2D eigenvalue weighted by atomic mass is 16.2.